The van der Waals surface area contributed by atoms with E-state index in [9.17, 15) is 9.59 Å². The lowest BCUT2D eigenvalue weighted by Crippen LogP contribution is -2.31. The van der Waals surface area contributed by atoms with Crippen molar-refractivity contribution in [3.63, 3.8) is 0 Å². The minimum Gasteiger partial charge on any atom is -0.369 e. The SMILES string of the molecule is Cc1cccn2c(=O)c(C=C3SC(=S)N(CC(C)C)C3=O)c(NCCCn3ccnc3)nc12. The third-order valence-corrected chi connectivity index (χ3v) is 6.60. The Morgan fingerprint density at radius 3 is 2.82 bits per heavy atom. The van der Waals surface area contributed by atoms with Crippen LogP contribution in [0.1, 0.15) is 31.4 Å². The molecule has 172 valence electrons. The van der Waals surface area contributed by atoms with E-state index in [0.29, 0.717) is 39.3 Å². The van der Waals surface area contributed by atoms with Crippen molar-refractivity contribution in [3.8, 4) is 0 Å². The number of pyridine rings is 1. The first kappa shape index (κ1) is 23.2. The fraction of sp³-hybridized carbons (Fsp3) is 0.348. The van der Waals surface area contributed by atoms with Gasteiger partial charge in [0, 0.05) is 38.2 Å². The van der Waals surface area contributed by atoms with E-state index in [1.807, 2.05) is 43.7 Å². The molecule has 3 aromatic rings. The number of aromatic nitrogens is 4. The van der Waals surface area contributed by atoms with Crippen LogP contribution in [0.2, 0.25) is 0 Å². The molecule has 0 atom stereocenters. The van der Waals surface area contributed by atoms with E-state index in [0.717, 1.165) is 18.5 Å². The number of thioether (sulfide) groups is 1. The van der Waals surface area contributed by atoms with Gasteiger partial charge in [0.1, 0.15) is 15.8 Å². The molecular formula is C23H26N6O2S2. The van der Waals surface area contributed by atoms with E-state index in [4.69, 9.17) is 17.2 Å². The van der Waals surface area contributed by atoms with E-state index in [2.05, 4.69) is 10.3 Å². The first-order valence-corrected chi connectivity index (χ1v) is 12.0. The largest absolute Gasteiger partial charge is 0.369 e. The molecule has 1 fully saturated rings. The second-order valence-electron chi connectivity index (χ2n) is 8.33. The molecule has 1 saturated heterocycles. The van der Waals surface area contributed by atoms with E-state index < -0.39 is 0 Å². The molecule has 0 saturated carbocycles. The lowest BCUT2D eigenvalue weighted by molar-refractivity contribution is -0.122. The standard InChI is InChI=1S/C23H26N6O2S2/c1-15(2)13-29-22(31)18(33-23(29)32)12-17-19(25-7-5-9-27-11-8-24-14-27)26-20-16(3)6-4-10-28(20)21(17)30/h4,6,8,10-12,14-15,25H,5,7,9,13H2,1-3H3. The molecule has 3 aromatic heterocycles. The second-order valence-corrected chi connectivity index (χ2v) is 10.0. The summed E-state index contributed by atoms with van der Waals surface area (Å²) in [4.78, 5) is 37.2. The van der Waals surface area contributed by atoms with Crippen LogP contribution in [0, 0.1) is 12.8 Å². The number of nitrogens with zero attached hydrogens (tertiary/aromatic N) is 5. The maximum atomic E-state index is 13.4. The number of imidazole rings is 1. The van der Waals surface area contributed by atoms with Crippen molar-refractivity contribution in [2.45, 2.75) is 33.7 Å². The molecule has 0 spiro atoms. The number of fused-ring (bicyclic) bond motifs is 1. The zero-order valence-corrected chi connectivity index (χ0v) is 20.4. The Morgan fingerprint density at radius 1 is 1.27 bits per heavy atom. The van der Waals surface area contributed by atoms with Crippen LogP contribution in [0.25, 0.3) is 11.7 Å². The number of nitrogens with one attached hydrogen (secondary N) is 1. The van der Waals surface area contributed by atoms with Crippen molar-refractivity contribution in [2.24, 2.45) is 5.92 Å². The summed E-state index contributed by atoms with van der Waals surface area (Å²) in [6.45, 7) is 7.95. The summed E-state index contributed by atoms with van der Waals surface area (Å²) >= 11 is 6.65. The summed E-state index contributed by atoms with van der Waals surface area (Å²) < 4.78 is 4.03. The average Bonchev–Trinajstić information content (AvgIpc) is 3.38. The van der Waals surface area contributed by atoms with Gasteiger partial charge in [-0.15, -0.1) is 0 Å². The molecule has 1 aliphatic heterocycles. The molecule has 0 radical (unpaired) electrons. The van der Waals surface area contributed by atoms with Gasteiger partial charge in [0.25, 0.3) is 11.5 Å². The van der Waals surface area contributed by atoms with Crippen molar-refractivity contribution in [1.29, 1.82) is 0 Å². The maximum absolute atomic E-state index is 13.4. The Balaban J connectivity index is 1.68. The number of carbonyl (C=O) groups excluding carboxylic acids is 1. The number of anilines is 1. The molecule has 1 amide bonds. The van der Waals surface area contributed by atoms with E-state index in [1.165, 1.54) is 16.2 Å². The van der Waals surface area contributed by atoms with Gasteiger partial charge in [0.05, 0.1) is 16.8 Å². The van der Waals surface area contributed by atoms with Gasteiger partial charge in [-0.3, -0.25) is 18.9 Å². The third-order valence-electron chi connectivity index (χ3n) is 5.23. The lowest BCUT2D eigenvalue weighted by Gasteiger charge is -2.16. The number of carbonyl (C=O) groups is 1. The molecule has 8 nitrogen and oxygen atoms in total. The highest BCUT2D eigenvalue weighted by Gasteiger charge is 2.32. The van der Waals surface area contributed by atoms with Gasteiger partial charge >= 0.3 is 0 Å². The Labute approximate surface area is 201 Å². The number of rotatable bonds is 8. The van der Waals surface area contributed by atoms with Gasteiger partial charge in [-0.1, -0.05) is 43.9 Å². The molecule has 10 heteroatoms. The van der Waals surface area contributed by atoms with Crippen LogP contribution in [0.3, 0.4) is 0 Å². The van der Waals surface area contributed by atoms with Crippen LogP contribution in [0.5, 0.6) is 0 Å². The number of aryl methyl sites for hydroxylation is 2. The Bertz CT molecular complexity index is 1280. The van der Waals surface area contributed by atoms with Gasteiger partial charge in [0.2, 0.25) is 0 Å². The number of thiocarbonyl (C=S) groups is 1. The van der Waals surface area contributed by atoms with E-state index in [-0.39, 0.29) is 17.4 Å². The van der Waals surface area contributed by atoms with E-state index in [1.54, 1.807) is 29.7 Å². The average molecular weight is 483 g/mol. The highest BCUT2D eigenvalue weighted by atomic mass is 32.2. The molecular weight excluding hydrogens is 456 g/mol. The Kier molecular flexibility index (Phi) is 6.94. The number of hydrogen-bond donors (Lipinski definition) is 1. The van der Waals surface area contributed by atoms with Crippen LogP contribution in [-0.2, 0) is 11.3 Å². The highest BCUT2D eigenvalue weighted by molar-refractivity contribution is 8.26. The van der Waals surface area contributed by atoms with Crippen molar-refractivity contribution in [2.75, 3.05) is 18.4 Å². The molecule has 33 heavy (non-hydrogen) atoms. The summed E-state index contributed by atoms with van der Waals surface area (Å²) in [7, 11) is 0. The Morgan fingerprint density at radius 2 is 2.09 bits per heavy atom. The molecule has 0 bridgehead atoms. The zero-order valence-electron chi connectivity index (χ0n) is 18.8. The number of hydrogen-bond acceptors (Lipinski definition) is 7. The van der Waals surface area contributed by atoms with Gasteiger partial charge in [-0.2, -0.15) is 0 Å². The lowest BCUT2D eigenvalue weighted by atomic mass is 10.2. The summed E-state index contributed by atoms with van der Waals surface area (Å²) in [5.41, 5.74) is 1.61. The fourth-order valence-electron chi connectivity index (χ4n) is 3.62. The first-order valence-electron chi connectivity index (χ1n) is 10.8. The first-order chi connectivity index (χ1) is 15.8. The molecule has 1 N–H and O–H groups in total. The molecule has 1 aliphatic rings. The van der Waals surface area contributed by atoms with Crippen molar-refractivity contribution >= 4 is 51.7 Å². The van der Waals surface area contributed by atoms with Gasteiger partial charge in [-0.25, -0.2) is 9.97 Å². The van der Waals surface area contributed by atoms with Gasteiger partial charge in [-0.05, 0) is 37.0 Å². The van der Waals surface area contributed by atoms with Crippen molar-refractivity contribution < 1.29 is 4.79 Å². The normalized spacial score (nSPS) is 15.4. The van der Waals surface area contributed by atoms with Crippen LogP contribution in [0.4, 0.5) is 5.82 Å². The summed E-state index contributed by atoms with van der Waals surface area (Å²) in [6.07, 6.45) is 9.57. The molecule has 0 aromatic carbocycles. The van der Waals surface area contributed by atoms with Crippen LogP contribution >= 0.6 is 24.0 Å². The molecule has 0 aliphatic carbocycles. The summed E-state index contributed by atoms with van der Waals surface area (Å²) in [5, 5.41) is 3.31. The second kappa shape index (κ2) is 9.88. The zero-order chi connectivity index (χ0) is 23.5. The minimum absolute atomic E-state index is 0.168. The Hall–Kier alpha value is -2.98. The topological polar surface area (TPSA) is 84.5 Å². The molecule has 0 unspecified atom stereocenters. The van der Waals surface area contributed by atoms with Gasteiger partial charge in [0.15, 0.2) is 0 Å². The predicted molar refractivity (Wildman–Crippen MR) is 136 cm³/mol. The monoisotopic (exact) mass is 482 g/mol. The predicted octanol–water partition coefficient (Wildman–Crippen LogP) is 3.56. The number of amides is 1. The van der Waals surface area contributed by atoms with Crippen molar-refractivity contribution in [1.82, 2.24) is 23.8 Å². The van der Waals surface area contributed by atoms with E-state index >= 15 is 0 Å². The van der Waals surface area contributed by atoms with Crippen LogP contribution in [-0.4, -0.2) is 47.2 Å². The smallest absolute Gasteiger partial charge is 0.267 e. The highest BCUT2D eigenvalue weighted by Crippen LogP contribution is 2.33. The summed E-state index contributed by atoms with van der Waals surface area (Å²) in [6, 6.07) is 3.73. The molecule has 4 rings (SSSR count). The third kappa shape index (κ3) is 5.01. The maximum Gasteiger partial charge on any atom is 0.267 e. The van der Waals surface area contributed by atoms with Crippen molar-refractivity contribution in [3.05, 3.63) is 63.4 Å². The summed E-state index contributed by atoms with van der Waals surface area (Å²) in [5.74, 6) is 0.586. The quantitative estimate of drug-likeness (QED) is 0.299. The molecule has 4 heterocycles. The fourth-order valence-corrected chi connectivity index (χ4v) is 4.87. The van der Waals surface area contributed by atoms with Gasteiger partial charge < -0.3 is 9.88 Å². The van der Waals surface area contributed by atoms with Crippen LogP contribution in [0.15, 0.2) is 46.8 Å². The van der Waals surface area contributed by atoms with Crippen LogP contribution < -0.4 is 10.9 Å². The minimum atomic E-state index is -0.227.